The van der Waals surface area contributed by atoms with Crippen molar-refractivity contribution in [3.63, 3.8) is 0 Å². The molecule has 2 atom stereocenters. The van der Waals surface area contributed by atoms with E-state index in [-0.39, 0.29) is 0 Å². The maximum Gasteiger partial charge on any atom is 0.137 e. The molecule has 102 valence electrons. The second-order valence-corrected chi connectivity index (χ2v) is 7.48. The van der Waals surface area contributed by atoms with E-state index in [1.165, 1.54) is 37.1 Å². The summed E-state index contributed by atoms with van der Waals surface area (Å²) in [6, 6.07) is 4.11. The molecule has 19 heavy (non-hydrogen) atoms. The molecule has 2 nitrogen and oxygen atoms in total. The SMILES string of the molecule is CCCC1CCCC1Sc1cnc2ccc(Br)cn12. The van der Waals surface area contributed by atoms with Gasteiger partial charge < -0.3 is 0 Å². The summed E-state index contributed by atoms with van der Waals surface area (Å²) in [6.45, 7) is 2.30. The van der Waals surface area contributed by atoms with Gasteiger partial charge in [0.1, 0.15) is 5.65 Å². The highest BCUT2D eigenvalue weighted by Gasteiger charge is 2.28. The van der Waals surface area contributed by atoms with Crippen LogP contribution in [0.2, 0.25) is 0 Å². The van der Waals surface area contributed by atoms with Gasteiger partial charge in [-0.3, -0.25) is 4.40 Å². The number of fused-ring (bicyclic) bond motifs is 1. The number of aromatic nitrogens is 2. The summed E-state index contributed by atoms with van der Waals surface area (Å²) in [5.74, 6) is 0.896. The van der Waals surface area contributed by atoms with Crippen LogP contribution in [0.1, 0.15) is 39.0 Å². The fraction of sp³-hybridized carbons (Fsp3) is 0.533. The van der Waals surface area contributed by atoms with Crippen LogP contribution in [0, 0.1) is 5.92 Å². The van der Waals surface area contributed by atoms with Gasteiger partial charge in [0.25, 0.3) is 0 Å². The van der Waals surface area contributed by atoms with E-state index in [2.05, 4.69) is 44.5 Å². The van der Waals surface area contributed by atoms with Gasteiger partial charge in [-0.15, -0.1) is 11.8 Å². The topological polar surface area (TPSA) is 17.3 Å². The summed E-state index contributed by atoms with van der Waals surface area (Å²) in [6.07, 6.45) is 11.0. The number of thioether (sulfide) groups is 1. The molecule has 0 saturated heterocycles. The van der Waals surface area contributed by atoms with Crippen molar-refractivity contribution in [2.45, 2.75) is 49.3 Å². The maximum absolute atomic E-state index is 4.49. The Bertz CT molecular complexity index is 566. The maximum atomic E-state index is 4.49. The highest BCUT2D eigenvalue weighted by Crippen LogP contribution is 2.41. The van der Waals surface area contributed by atoms with Gasteiger partial charge in [-0.05, 0) is 53.2 Å². The molecule has 0 amide bonds. The largest absolute Gasteiger partial charge is 0.294 e. The van der Waals surface area contributed by atoms with Gasteiger partial charge in [-0.25, -0.2) is 4.98 Å². The van der Waals surface area contributed by atoms with Crippen LogP contribution in [0.25, 0.3) is 5.65 Å². The van der Waals surface area contributed by atoms with Crippen LogP contribution in [0.15, 0.2) is 34.0 Å². The molecule has 1 saturated carbocycles. The molecule has 1 fully saturated rings. The van der Waals surface area contributed by atoms with Crippen molar-refractivity contribution < 1.29 is 0 Å². The Labute approximate surface area is 127 Å². The van der Waals surface area contributed by atoms with Crippen molar-refractivity contribution >= 4 is 33.3 Å². The molecule has 0 bridgehead atoms. The molecular formula is C15H19BrN2S. The molecule has 2 aromatic rings. The van der Waals surface area contributed by atoms with Crippen molar-refractivity contribution in [3.05, 3.63) is 29.0 Å². The highest BCUT2D eigenvalue weighted by atomic mass is 79.9. The minimum Gasteiger partial charge on any atom is -0.294 e. The lowest BCUT2D eigenvalue weighted by molar-refractivity contribution is 0.506. The smallest absolute Gasteiger partial charge is 0.137 e. The lowest BCUT2D eigenvalue weighted by Crippen LogP contribution is -2.10. The van der Waals surface area contributed by atoms with Crippen LogP contribution in [-0.2, 0) is 0 Å². The minimum absolute atomic E-state index is 0.777. The molecule has 4 heteroatoms. The first kappa shape index (κ1) is 13.5. The van der Waals surface area contributed by atoms with Crippen molar-refractivity contribution in [2.75, 3.05) is 0 Å². The molecule has 0 radical (unpaired) electrons. The summed E-state index contributed by atoms with van der Waals surface area (Å²) in [5, 5.41) is 2.06. The standard InChI is InChI=1S/C15H19BrN2S/c1-2-4-11-5-3-6-13(11)19-15-9-17-14-8-7-12(16)10-18(14)15/h7-11,13H,2-6H2,1H3. The van der Waals surface area contributed by atoms with Gasteiger partial charge in [0, 0.05) is 15.9 Å². The second-order valence-electron chi connectivity index (χ2n) is 5.31. The Balaban J connectivity index is 1.83. The summed E-state index contributed by atoms with van der Waals surface area (Å²) >= 11 is 5.57. The molecule has 1 aliphatic rings. The highest BCUT2D eigenvalue weighted by molar-refractivity contribution is 9.10. The van der Waals surface area contributed by atoms with E-state index in [0.717, 1.165) is 21.3 Å². The summed E-state index contributed by atoms with van der Waals surface area (Å²) < 4.78 is 3.31. The van der Waals surface area contributed by atoms with Crippen LogP contribution in [0.4, 0.5) is 0 Å². The van der Waals surface area contributed by atoms with Crippen molar-refractivity contribution in [1.82, 2.24) is 9.38 Å². The van der Waals surface area contributed by atoms with Crippen LogP contribution in [0.5, 0.6) is 0 Å². The Morgan fingerprint density at radius 2 is 2.32 bits per heavy atom. The molecule has 3 rings (SSSR count). The Kier molecular flexibility index (Phi) is 4.18. The zero-order valence-electron chi connectivity index (χ0n) is 11.2. The predicted octanol–water partition coefficient (Wildman–Crippen LogP) is 5.16. The molecule has 0 spiro atoms. The molecule has 2 unspecified atom stereocenters. The first-order valence-electron chi connectivity index (χ1n) is 7.07. The van der Waals surface area contributed by atoms with E-state index in [1.807, 2.05) is 24.0 Å². The fourth-order valence-electron chi connectivity index (χ4n) is 3.03. The Morgan fingerprint density at radius 1 is 1.42 bits per heavy atom. The summed E-state index contributed by atoms with van der Waals surface area (Å²) in [7, 11) is 0. The van der Waals surface area contributed by atoms with Crippen LogP contribution >= 0.6 is 27.7 Å². The van der Waals surface area contributed by atoms with Crippen molar-refractivity contribution in [1.29, 1.82) is 0 Å². The van der Waals surface area contributed by atoms with E-state index in [9.17, 15) is 0 Å². The summed E-state index contributed by atoms with van der Waals surface area (Å²) in [4.78, 5) is 4.49. The second kappa shape index (κ2) is 5.88. The molecule has 2 aromatic heterocycles. The monoisotopic (exact) mass is 338 g/mol. The lowest BCUT2D eigenvalue weighted by Gasteiger charge is -2.18. The van der Waals surface area contributed by atoms with Gasteiger partial charge in [-0.1, -0.05) is 19.8 Å². The van der Waals surface area contributed by atoms with E-state index in [1.54, 1.807) is 0 Å². The fourth-order valence-corrected chi connectivity index (χ4v) is 4.80. The first-order valence-corrected chi connectivity index (χ1v) is 8.74. The number of pyridine rings is 1. The van der Waals surface area contributed by atoms with Crippen LogP contribution < -0.4 is 0 Å². The van der Waals surface area contributed by atoms with Gasteiger partial charge in [0.15, 0.2) is 0 Å². The van der Waals surface area contributed by atoms with Gasteiger partial charge in [-0.2, -0.15) is 0 Å². The minimum atomic E-state index is 0.777. The van der Waals surface area contributed by atoms with Crippen molar-refractivity contribution in [2.24, 2.45) is 5.92 Å². The first-order chi connectivity index (χ1) is 9.28. The molecule has 1 aliphatic carbocycles. The van der Waals surface area contributed by atoms with Gasteiger partial charge in [0.2, 0.25) is 0 Å². The van der Waals surface area contributed by atoms with Crippen molar-refractivity contribution in [3.8, 4) is 0 Å². The number of imidazole rings is 1. The summed E-state index contributed by atoms with van der Waals surface area (Å²) in [5.41, 5.74) is 1.04. The number of halogens is 1. The normalized spacial score (nSPS) is 23.3. The van der Waals surface area contributed by atoms with E-state index < -0.39 is 0 Å². The third-order valence-electron chi connectivity index (χ3n) is 3.96. The lowest BCUT2D eigenvalue weighted by atomic mass is 10.0. The third-order valence-corrected chi connectivity index (χ3v) is 5.89. The average Bonchev–Trinajstić information content (AvgIpc) is 2.99. The van der Waals surface area contributed by atoms with Crippen LogP contribution in [-0.4, -0.2) is 14.6 Å². The zero-order valence-corrected chi connectivity index (χ0v) is 13.6. The number of rotatable bonds is 4. The van der Waals surface area contributed by atoms with Crippen LogP contribution in [0.3, 0.4) is 0 Å². The number of nitrogens with zero attached hydrogens (tertiary/aromatic N) is 2. The number of hydrogen-bond donors (Lipinski definition) is 0. The van der Waals surface area contributed by atoms with Gasteiger partial charge >= 0.3 is 0 Å². The van der Waals surface area contributed by atoms with E-state index in [4.69, 9.17) is 0 Å². The van der Waals surface area contributed by atoms with Gasteiger partial charge in [0.05, 0.1) is 11.2 Å². The van der Waals surface area contributed by atoms with E-state index >= 15 is 0 Å². The third kappa shape index (κ3) is 2.84. The molecular weight excluding hydrogens is 320 g/mol. The Hall–Kier alpha value is -0.480. The predicted molar refractivity (Wildman–Crippen MR) is 84.8 cm³/mol. The molecule has 0 N–H and O–H groups in total. The zero-order chi connectivity index (χ0) is 13.2. The molecule has 0 aliphatic heterocycles. The van der Waals surface area contributed by atoms with E-state index in [0.29, 0.717) is 0 Å². The Morgan fingerprint density at radius 3 is 3.16 bits per heavy atom. The molecule has 2 heterocycles. The quantitative estimate of drug-likeness (QED) is 0.766. The number of hydrogen-bond acceptors (Lipinski definition) is 2. The average molecular weight is 339 g/mol. The molecule has 0 aromatic carbocycles.